The van der Waals surface area contributed by atoms with Crippen LogP contribution >= 0.6 is 0 Å². The van der Waals surface area contributed by atoms with Crippen LogP contribution in [0, 0.1) is 23.2 Å². The molecule has 0 atom stereocenters. The van der Waals surface area contributed by atoms with Gasteiger partial charge in [0.05, 0.1) is 0 Å². The van der Waals surface area contributed by atoms with Gasteiger partial charge in [0, 0.05) is 6.42 Å². The maximum atomic E-state index is 5.46. The Labute approximate surface area is 114 Å². The van der Waals surface area contributed by atoms with Crippen molar-refractivity contribution >= 4 is 6.01 Å². The van der Waals surface area contributed by atoms with Crippen LogP contribution in [-0.4, -0.2) is 10.2 Å². The summed E-state index contributed by atoms with van der Waals surface area (Å²) < 4.78 is 5.26. The van der Waals surface area contributed by atoms with Gasteiger partial charge in [-0.15, -0.1) is 5.10 Å². The number of hydrogen-bond donors (Lipinski definition) is 1. The van der Waals surface area contributed by atoms with E-state index in [0.717, 1.165) is 24.2 Å². The van der Waals surface area contributed by atoms with Gasteiger partial charge in [-0.05, 0) is 74.5 Å². The molecule has 104 valence electrons. The lowest BCUT2D eigenvalue weighted by molar-refractivity contribution is -0.0581. The van der Waals surface area contributed by atoms with Crippen molar-refractivity contribution in [3.8, 4) is 0 Å². The average molecular weight is 261 g/mol. The van der Waals surface area contributed by atoms with Gasteiger partial charge in [-0.25, -0.2) is 0 Å². The Morgan fingerprint density at radius 3 is 2.21 bits per heavy atom. The quantitative estimate of drug-likeness (QED) is 0.904. The van der Waals surface area contributed by atoms with Gasteiger partial charge >= 0.3 is 6.01 Å². The average Bonchev–Trinajstić information content (AvgIpc) is 2.73. The number of aryl methyl sites for hydroxylation is 1. The highest BCUT2D eigenvalue weighted by molar-refractivity contribution is 5.05. The van der Waals surface area contributed by atoms with Gasteiger partial charge in [0.2, 0.25) is 5.89 Å². The van der Waals surface area contributed by atoms with E-state index < -0.39 is 0 Å². The Morgan fingerprint density at radius 2 is 1.68 bits per heavy atom. The number of nitrogens with two attached hydrogens (primary N) is 1. The highest BCUT2D eigenvalue weighted by atomic mass is 16.4. The Hall–Kier alpha value is -1.06. The third-order valence-electron chi connectivity index (χ3n) is 5.75. The van der Waals surface area contributed by atoms with E-state index in [1.807, 2.05) is 0 Å². The SMILES string of the molecule is Nc1nnc(CCCC23CC4CC(CC(C4)C2)C3)o1. The Bertz CT molecular complexity index is 432. The van der Waals surface area contributed by atoms with Gasteiger partial charge < -0.3 is 10.2 Å². The standard InChI is InChI=1S/C15H23N3O/c16-14-18-17-13(19-14)2-1-3-15-7-10-4-11(8-15)6-12(5-10)9-15/h10-12H,1-9H2,(H2,16,18). The molecule has 4 aliphatic carbocycles. The number of nitrogen functional groups attached to an aromatic ring is 1. The summed E-state index contributed by atoms with van der Waals surface area (Å²) in [7, 11) is 0. The molecule has 0 saturated heterocycles. The van der Waals surface area contributed by atoms with Crippen molar-refractivity contribution in [2.45, 2.75) is 57.8 Å². The third-order valence-corrected chi connectivity index (χ3v) is 5.75. The van der Waals surface area contributed by atoms with E-state index >= 15 is 0 Å². The summed E-state index contributed by atoms with van der Waals surface area (Å²) in [5, 5.41) is 7.68. The lowest BCUT2D eigenvalue weighted by atomic mass is 9.48. The highest BCUT2D eigenvalue weighted by Crippen LogP contribution is 2.61. The van der Waals surface area contributed by atoms with Crippen molar-refractivity contribution in [3.05, 3.63) is 5.89 Å². The molecular formula is C15H23N3O. The fourth-order valence-corrected chi connectivity index (χ4v) is 5.58. The first kappa shape index (κ1) is 11.7. The second kappa shape index (κ2) is 4.22. The molecule has 0 unspecified atom stereocenters. The summed E-state index contributed by atoms with van der Waals surface area (Å²) in [6, 6.07) is 0.199. The molecule has 0 aromatic carbocycles. The van der Waals surface area contributed by atoms with Gasteiger partial charge in [-0.3, -0.25) is 0 Å². The van der Waals surface area contributed by atoms with Crippen LogP contribution < -0.4 is 5.73 Å². The molecule has 4 bridgehead atoms. The molecule has 19 heavy (non-hydrogen) atoms. The van der Waals surface area contributed by atoms with E-state index in [1.54, 1.807) is 0 Å². The predicted molar refractivity (Wildman–Crippen MR) is 72.3 cm³/mol. The van der Waals surface area contributed by atoms with E-state index in [4.69, 9.17) is 10.2 Å². The Morgan fingerprint density at radius 1 is 1.05 bits per heavy atom. The minimum absolute atomic E-state index is 0.199. The molecule has 5 rings (SSSR count). The molecule has 1 aromatic rings. The summed E-state index contributed by atoms with van der Waals surface area (Å²) in [6.45, 7) is 0. The first-order valence-electron chi connectivity index (χ1n) is 7.79. The molecule has 4 aliphatic rings. The molecule has 0 aliphatic heterocycles. The van der Waals surface area contributed by atoms with Crippen molar-refractivity contribution in [2.24, 2.45) is 23.2 Å². The maximum absolute atomic E-state index is 5.46. The van der Waals surface area contributed by atoms with Gasteiger partial charge in [0.15, 0.2) is 0 Å². The van der Waals surface area contributed by atoms with Crippen molar-refractivity contribution in [1.82, 2.24) is 10.2 Å². The fourth-order valence-electron chi connectivity index (χ4n) is 5.58. The zero-order valence-electron chi connectivity index (χ0n) is 11.5. The third kappa shape index (κ3) is 2.15. The van der Waals surface area contributed by atoms with Crippen LogP contribution in [0.4, 0.5) is 6.01 Å². The van der Waals surface area contributed by atoms with Crippen molar-refractivity contribution in [1.29, 1.82) is 0 Å². The second-order valence-electron chi connectivity index (χ2n) is 7.31. The molecule has 4 fully saturated rings. The van der Waals surface area contributed by atoms with Crippen LogP contribution in [-0.2, 0) is 6.42 Å². The molecule has 0 amide bonds. The first-order chi connectivity index (χ1) is 9.21. The highest BCUT2D eigenvalue weighted by Gasteiger charge is 2.50. The molecule has 1 aromatic heterocycles. The number of rotatable bonds is 4. The lowest BCUT2D eigenvalue weighted by Crippen LogP contribution is -2.45. The van der Waals surface area contributed by atoms with E-state index in [9.17, 15) is 0 Å². The number of aromatic nitrogens is 2. The van der Waals surface area contributed by atoms with Gasteiger partial charge in [0.25, 0.3) is 0 Å². The lowest BCUT2D eigenvalue weighted by Gasteiger charge is -2.57. The molecule has 0 radical (unpaired) electrons. The van der Waals surface area contributed by atoms with Crippen LogP contribution in [0.15, 0.2) is 4.42 Å². The monoisotopic (exact) mass is 261 g/mol. The maximum Gasteiger partial charge on any atom is 0.312 e. The van der Waals surface area contributed by atoms with E-state index in [0.29, 0.717) is 11.3 Å². The van der Waals surface area contributed by atoms with Crippen molar-refractivity contribution in [3.63, 3.8) is 0 Å². The fraction of sp³-hybridized carbons (Fsp3) is 0.867. The predicted octanol–water partition coefficient (Wildman–Crippen LogP) is 3.19. The summed E-state index contributed by atoms with van der Waals surface area (Å²) in [4.78, 5) is 0. The molecule has 0 spiro atoms. The van der Waals surface area contributed by atoms with Crippen LogP contribution in [0.3, 0.4) is 0 Å². The van der Waals surface area contributed by atoms with Crippen LogP contribution in [0.25, 0.3) is 0 Å². The smallest absolute Gasteiger partial charge is 0.312 e. The summed E-state index contributed by atoms with van der Waals surface area (Å²) in [6.07, 6.45) is 12.5. The topological polar surface area (TPSA) is 64.9 Å². The molecule has 1 heterocycles. The van der Waals surface area contributed by atoms with Crippen molar-refractivity contribution in [2.75, 3.05) is 5.73 Å². The Kier molecular flexibility index (Phi) is 2.61. The minimum Gasteiger partial charge on any atom is -0.408 e. The molecule has 2 N–H and O–H groups in total. The van der Waals surface area contributed by atoms with Crippen LogP contribution in [0.1, 0.15) is 57.3 Å². The zero-order chi connectivity index (χ0) is 12.9. The van der Waals surface area contributed by atoms with E-state index in [-0.39, 0.29) is 6.01 Å². The number of hydrogen-bond acceptors (Lipinski definition) is 4. The van der Waals surface area contributed by atoms with E-state index in [2.05, 4.69) is 10.2 Å². The number of nitrogens with zero attached hydrogens (tertiary/aromatic N) is 2. The van der Waals surface area contributed by atoms with Gasteiger partial charge in [-0.1, -0.05) is 5.10 Å². The summed E-state index contributed by atoms with van der Waals surface area (Å²) >= 11 is 0. The largest absolute Gasteiger partial charge is 0.408 e. The molecule has 4 nitrogen and oxygen atoms in total. The summed E-state index contributed by atoms with van der Waals surface area (Å²) in [5.74, 6) is 3.85. The van der Waals surface area contributed by atoms with Gasteiger partial charge in [0.1, 0.15) is 0 Å². The van der Waals surface area contributed by atoms with Crippen LogP contribution in [0.5, 0.6) is 0 Å². The van der Waals surface area contributed by atoms with Crippen molar-refractivity contribution < 1.29 is 4.42 Å². The Balaban J connectivity index is 1.37. The molecule has 4 heteroatoms. The summed E-state index contributed by atoms with van der Waals surface area (Å²) in [5.41, 5.74) is 6.12. The second-order valence-corrected chi connectivity index (χ2v) is 7.31. The molecular weight excluding hydrogens is 238 g/mol. The zero-order valence-corrected chi connectivity index (χ0v) is 11.5. The molecule has 4 saturated carbocycles. The number of anilines is 1. The van der Waals surface area contributed by atoms with E-state index in [1.165, 1.54) is 51.4 Å². The van der Waals surface area contributed by atoms with Crippen LogP contribution in [0.2, 0.25) is 0 Å². The first-order valence-corrected chi connectivity index (χ1v) is 7.79. The minimum atomic E-state index is 0.199. The normalized spacial score (nSPS) is 39.9. The van der Waals surface area contributed by atoms with Gasteiger partial charge in [-0.2, -0.15) is 0 Å².